The van der Waals surface area contributed by atoms with Crippen molar-refractivity contribution in [3.8, 4) is 0 Å². The van der Waals surface area contributed by atoms with Gasteiger partial charge in [0.1, 0.15) is 12.7 Å². The van der Waals surface area contributed by atoms with Gasteiger partial charge in [0.15, 0.2) is 6.10 Å². The van der Waals surface area contributed by atoms with Crippen LogP contribution in [0.5, 0.6) is 0 Å². The van der Waals surface area contributed by atoms with Crippen LogP contribution in [-0.2, 0) is 42.2 Å². The van der Waals surface area contributed by atoms with Gasteiger partial charge >= 0.3 is 25.7 Å². The number of hydrogen-bond donors (Lipinski definition) is 2. The van der Waals surface area contributed by atoms with E-state index in [1.165, 1.54) is 70.6 Å². The molecule has 0 aliphatic heterocycles. The highest BCUT2D eigenvalue weighted by molar-refractivity contribution is 7.47. The molecule has 0 aromatic carbocycles. The smallest absolute Gasteiger partial charge is 0.462 e. The summed E-state index contributed by atoms with van der Waals surface area (Å²) in [6, 6.07) is 0. The fraction of sp³-hybridized carbons (Fsp3) is 0.683. The Hall–Kier alpha value is -3.60. The number of carbonyl (C=O) groups is 3. The second-order valence-corrected chi connectivity index (χ2v) is 19.8. The summed E-state index contributed by atoms with van der Waals surface area (Å²) < 4.78 is 39.4. The molecule has 0 fully saturated rings. The van der Waals surface area contributed by atoms with Crippen molar-refractivity contribution in [2.24, 2.45) is 0 Å². The first-order chi connectivity index (χ1) is 35.2. The molecule has 11 nitrogen and oxygen atoms in total. The van der Waals surface area contributed by atoms with E-state index in [2.05, 4.69) is 118 Å². The largest absolute Gasteiger partial charge is 0.472 e. The molecule has 0 aromatic rings. The predicted molar refractivity (Wildman–Crippen MR) is 297 cm³/mol. The van der Waals surface area contributed by atoms with Crippen molar-refractivity contribution in [2.75, 3.05) is 26.4 Å². The van der Waals surface area contributed by atoms with Crippen LogP contribution < -0.4 is 0 Å². The Labute approximate surface area is 438 Å². The Morgan fingerprint density at radius 3 is 1.11 bits per heavy atom. The maximum atomic E-state index is 12.9. The average molecular weight is 1030 g/mol. The second kappa shape index (κ2) is 53.7. The quantitative estimate of drug-likeness (QED) is 0.0197. The lowest BCUT2D eigenvalue weighted by molar-refractivity contribution is -0.161. The van der Waals surface area contributed by atoms with Gasteiger partial charge < -0.3 is 24.2 Å². The minimum absolute atomic E-state index is 0.103. The highest BCUT2D eigenvalue weighted by Gasteiger charge is 2.28. The number of phosphoric ester groups is 1. The van der Waals surface area contributed by atoms with Crippen molar-refractivity contribution in [3.05, 3.63) is 97.2 Å². The maximum Gasteiger partial charge on any atom is 0.472 e. The summed E-state index contributed by atoms with van der Waals surface area (Å²) >= 11 is 0. The third-order valence-electron chi connectivity index (χ3n) is 11.5. The maximum absolute atomic E-state index is 12.9. The van der Waals surface area contributed by atoms with Crippen LogP contribution in [-0.4, -0.2) is 66.5 Å². The molecule has 3 atom stereocenters. The zero-order valence-electron chi connectivity index (χ0n) is 45.4. The van der Waals surface area contributed by atoms with E-state index in [4.69, 9.17) is 23.3 Å². The molecule has 0 aromatic heterocycles. The number of allylic oxidation sites excluding steroid dienone is 16. The van der Waals surface area contributed by atoms with Crippen molar-refractivity contribution in [1.82, 2.24) is 0 Å². The van der Waals surface area contributed by atoms with E-state index in [9.17, 15) is 28.9 Å². The molecule has 0 aliphatic carbocycles. The Bertz CT molecular complexity index is 1580. The van der Waals surface area contributed by atoms with Crippen molar-refractivity contribution < 1.29 is 52.2 Å². The van der Waals surface area contributed by atoms with Crippen molar-refractivity contribution in [3.63, 3.8) is 0 Å². The SMILES string of the molecule is CC/C=C\C/C=C\C/C=C\C/C=C\CCCCC(=O)OCC(COP(=O)(O)OCC(CO)OC(=O)CCCCCCCCCCCCCCCCC)OC(=O)CCCC/C=C\C/C=C\C/C=C\C/C=C\CC. The van der Waals surface area contributed by atoms with Crippen molar-refractivity contribution in [2.45, 2.75) is 238 Å². The molecule has 0 rings (SSSR count). The zero-order valence-corrected chi connectivity index (χ0v) is 46.3. The molecule has 12 heteroatoms. The van der Waals surface area contributed by atoms with Crippen molar-refractivity contribution in [1.29, 1.82) is 0 Å². The topological polar surface area (TPSA) is 155 Å². The molecule has 0 bridgehead atoms. The lowest BCUT2D eigenvalue weighted by Crippen LogP contribution is -2.30. The van der Waals surface area contributed by atoms with Crippen LogP contribution in [0.2, 0.25) is 0 Å². The van der Waals surface area contributed by atoms with Gasteiger partial charge in [-0.15, -0.1) is 0 Å². The third kappa shape index (κ3) is 51.3. The normalized spacial score (nSPS) is 14.1. The van der Waals surface area contributed by atoms with Gasteiger partial charge in [-0.05, 0) is 96.3 Å². The zero-order chi connectivity index (χ0) is 52.7. The number of aliphatic hydroxyl groups excluding tert-OH is 1. The first-order valence-corrected chi connectivity index (χ1v) is 29.6. The summed E-state index contributed by atoms with van der Waals surface area (Å²) in [7, 11) is -4.77. The summed E-state index contributed by atoms with van der Waals surface area (Å²) in [5.41, 5.74) is 0. The van der Waals surface area contributed by atoms with Crippen LogP contribution in [0.4, 0.5) is 0 Å². The molecule has 2 N–H and O–H groups in total. The lowest BCUT2D eigenvalue weighted by Gasteiger charge is -2.21. The Morgan fingerprint density at radius 2 is 0.722 bits per heavy atom. The van der Waals surface area contributed by atoms with Crippen LogP contribution >= 0.6 is 7.82 Å². The van der Waals surface area contributed by atoms with Gasteiger partial charge in [-0.1, -0.05) is 208 Å². The van der Waals surface area contributed by atoms with Gasteiger partial charge in [0.05, 0.1) is 19.8 Å². The van der Waals surface area contributed by atoms with Gasteiger partial charge in [0, 0.05) is 19.3 Å². The Morgan fingerprint density at radius 1 is 0.403 bits per heavy atom. The number of rotatable bonds is 51. The number of unbranched alkanes of at least 4 members (excludes halogenated alkanes) is 18. The number of aliphatic hydroxyl groups is 1. The fourth-order valence-corrected chi connectivity index (χ4v) is 8.06. The van der Waals surface area contributed by atoms with E-state index in [1.807, 2.05) is 0 Å². The van der Waals surface area contributed by atoms with Crippen LogP contribution in [0.25, 0.3) is 0 Å². The minimum Gasteiger partial charge on any atom is -0.462 e. The summed E-state index contributed by atoms with van der Waals surface area (Å²) in [6.45, 7) is 4.32. The first-order valence-electron chi connectivity index (χ1n) is 28.1. The molecule has 0 spiro atoms. The van der Waals surface area contributed by atoms with E-state index in [1.54, 1.807) is 0 Å². The summed E-state index contributed by atoms with van der Waals surface area (Å²) in [5.74, 6) is -1.57. The van der Waals surface area contributed by atoms with Gasteiger partial charge in [-0.25, -0.2) is 4.57 Å². The lowest BCUT2D eigenvalue weighted by atomic mass is 10.0. The van der Waals surface area contributed by atoms with Gasteiger partial charge in [-0.3, -0.25) is 23.4 Å². The molecule has 0 amide bonds. The van der Waals surface area contributed by atoms with Crippen LogP contribution in [0.15, 0.2) is 97.2 Å². The number of esters is 3. The molecule has 3 unspecified atom stereocenters. The van der Waals surface area contributed by atoms with E-state index in [0.29, 0.717) is 19.3 Å². The highest BCUT2D eigenvalue weighted by atomic mass is 31.2. The van der Waals surface area contributed by atoms with Gasteiger partial charge in [0.2, 0.25) is 0 Å². The molecular formula is C60H101O11P. The third-order valence-corrected chi connectivity index (χ3v) is 12.5. The summed E-state index contributed by atoms with van der Waals surface area (Å²) in [6.07, 6.45) is 62.3. The molecule has 0 heterocycles. The average Bonchev–Trinajstić information content (AvgIpc) is 3.37. The van der Waals surface area contributed by atoms with E-state index in [-0.39, 0.29) is 25.9 Å². The number of phosphoric acid groups is 1. The van der Waals surface area contributed by atoms with Crippen molar-refractivity contribution >= 4 is 25.7 Å². The van der Waals surface area contributed by atoms with Gasteiger partial charge in [-0.2, -0.15) is 0 Å². The highest BCUT2D eigenvalue weighted by Crippen LogP contribution is 2.43. The molecular weight excluding hydrogens is 928 g/mol. The number of carbonyl (C=O) groups excluding carboxylic acids is 3. The van der Waals surface area contributed by atoms with Crippen LogP contribution in [0.3, 0.4) is 0 Å². The summed E-state index contributed by atoms with van der Waals surface area (Å²) in [5, 5.41) is 9.81. The van der Waals surface area contributed by atoms with E-state index >= 15 is 0 Å². The molecule has 0 radical (unpaired) electrons. The van der Waals surface area contributed by atoms with Crippen LogP contribution in [0.1, 0.15) is 226 Å². The first kappa shape index (κ1) is 68.4. The standard InChI is InChI=1S/C60H101O11P/c1-4-7-10-13-16-19-22-25-28-31-34-37-40-43-46-49-58(62)67-53-57(71-60(64)51-48-45-42-39-36-33-30-27-24-21-18-15-12-9-6-3)55-69-72(65,66)68-54-56(52-61)70-59(63)50-47-44-41-38-35-32-29-26-23-20-17-14-11-8-5-2/h7,9-10,12,16,18-19,21,25,27-28,30,34,36-37,39,56-57,61H,4-6,8,11,13-15,17,20,22-24,26,29,31-33,35,38,40-55H2,1-3H3,(H,65,66)/b10-7-,12-9-,19-16-,21-18-,28-25-,30-27-,37-34-,39-36-. The van der Waals surface area contributed by atoms with E-state index < -0.39 is 57.8 Å². The van der Waals surface area contributed by atoms with Crippen LogP contribution in [0, 0.1) is 0 Å². The Balaban J connectivity index is 4.82. The second-order valence-electron chi connectivity index (χ2n) is 18.3. The fourth-order valence-electron chi connectivity index (χ4n) is 7.28. The molecule has 412 valence electrons. The number of hydrogen-bond acceptors (Lipinski definition) is 10. The molecule has 0 aliphatic rings. The Kier molecular flexibility index (Phi) is 51.0. The summed E-state index contributed by atoms with van der Waals surface area (Å²) in [4.78, 5) is 48.5. The van der Waals surface area contributed by atoms with Gasteiger partial charge in [0.25, 0.3) is 0 Å². The predicted octanol–water partition coefficient (Wildman–Crippen LogP) is 16.5. The van der Waals surface area contributed by atoms with E-state index in [0.717, 1.165) is 96.3 Å². The molecule has 0 saturated heterocycles. The monoisotopic (exact) mass is 1030 g/mol. The minimum atomic E-state index is -4.77. The number of ether oxygens (including phenoxy) is 3. The molecule has 72 heavy (non-hydrogen) atoms. The molecule has 0 saturated carbocycles.